The van der Waals surface area contributed by atoms with Crippen LogP contribution in [-0.2, 0) is 4.79 Å². The smallest absolute Gasteiger partial charge is 0.228 e. The van der Waals surface area contributed by atoms with Gasteiger partial charge < -0.3 is 11.1 Å². The number of amides is 1. The van der Waals surface area contributed by atoms with Gasteiger partial charge in [-0.05, 0) is 24.6 Å². The molecule has 3 heteroatoms. The van der Waals surface area contributed by atoms with Gasteiger partial charge in [0.25, 0.3) is 0 Å². The molecule has 0 radical (unpaired) electrons. The van der Waals surface area contributed by atoms with Crippen molar-refractivity contribution < 1.29 is 4.79 Å². The van der Waals surface area contributed by atoms with Crippen molar-refractivity contribution in [1.29, 1.82) is 0 Å². The molecule has 3 N–H and O–H groups in total. The van der Waals surface area contributed by atoms with Crippen LogP contribution in [0.5, 0.6) is 0 Å². The molecule has 0 aliphatic rings. The van der Waals surface area contributed by atoms with Crippen molar-refractivity contribution in [1.82, 2.24) is 0 Å². The van der Waals surface area contributed by atoms with E-state index in [9.17, 15) is 4.79 Å². The number of anilines is 1. The number of hydrogen-bond donors (Lipinski definition) is 2. The van der Waals surface area contributed by atoms with E-state index in [-0.39, 0.29) is 11.8 Å². The average molecular weight is 192 g/mol. The predicted octanol–water partition coefficient (Wildman–Crippen LogP) is 1.53. The van der Waals surface area contributed by atoms with Crippen molar-refractivity contribution >= 4 is 11.6 Å². The molecular weight excluding hydrogens is 176 g/mol. The molecule has 0 saturated carbocycles. The van der Waals surface area contributed by atoms with Crippen LogP contribution in [0.15, 0.2) is 24.3 Å². The molecule has 76 valence electrons. The van der Waals surface area contributed by atoms with E-state index < -0.39 is 0 Å². The molecular formula is C11H16N2O. The summed E-state index contributed by atoms with van der Waals surface area (Å²) in [7, 11) is 0. The van der Waals surface area contributed by atoms with Crippen LogP contribution >= 0.6 is 0 Å². The Morgan fingerprint density at radius 1 is 1.57 bits per heavy atom. The molecule has 1 aromatic rings. The Balaban J connectivity index is 2.65. The molecule has 0 aromatic heterocycles. The Morgan fingerprint density at radius 3 is 2.86 bits per heavy atom. The van der Waals surface area contributed by atoms with E-state index in [1.807, 2.05) is 38.1 Å². The van der Waals surface area contributed by atoms with E-state index in [1.54, 1.807) is 0 Å². The summed E-state index contributed by atoms with van der Waals surface area (Å²) < 4.78 is 0. The SMILES string of the molecule is Cc1cccc(NC(=O)C(C)CN)c1. The first-order valence-electron chi connectivity index (χ1n) is 4.71. The summed E-state index contributed by atoms with van der Waals surface area (Å²) in [4.78, 5) is 11.5. The van der Waals surface area contributed by atoms with Crippen LogP contribution in [0.3, 0.4) is 0 Å². The van der Waals surface area contributed by atoms with E-state index in [1.165, 1.54) is 0 Å². The lowest BCUT2D eigenvalue weighted by molar-refractivity contribution is -0.119. The van der Waals surface area contributed by atoms with Crippen LogP contribution in [0, 0.1) is 12.8 Å². The third kappa shape index (κ3) is 2.85. The highest BCUT2D eigenvalue weighted by atomic mass is 16.1. The second kappa shape index (κ2) is 4.77. The maximum atomic E-state index is 11.5. The van der Waals surface area contributed by atoms with Crippen molar-refractivity contribution in [3.05, 3.63) is 29.8 Å². The standard InChI is InChI=1S/C11H16N2O/c1-8-4-3-5-10(6-8)13-11(14)9(2)7-12/h3-6,9H,7,12H2,1-2H3,(H,13,14). The first-order chi connectivity index (χ1) is 6.63. The zero-order valence-electron chi connectivity index (χ0n) is 8.58. The molecule has 1 unspecified atom stereocenters. The molecule has 1 atom stereocenters. The highest BCUT2D eigenvalue weighted by molar-refractivity contribution is 5.92. The highest BCUT2D eigenvalue weighted by Gasteiger charge is 2.10. The Hall–Kier alpha value is -1.35. The molecule has 1 aromatic carbocycles. The van der Waals surface area contributed by atoms with Gasteiger partial charge >= 0.3 is 0 Å². The molecule has 14 heavy (non-hydrogen) atoms. The highest BCUT2D eigenvalue weighted by Crippen LogP contribution is 2.10. The van der Waals surface area contributed by atoms with Gasteiger partial charge in [-0.3, -0.25) is 4.79 Å². The van der Waals surface area contributed by atoms with Crippen LogP contribution < -0.4 is 11.1 Å². The lowest BCUT2D eigenvalue weighted by atomic mass is 10.1. The van der Waals surface area contributed by atoms with Gasteiger partial charge in [0, 0.05) is 18.2 Å². The zero-order chi connectivity index (χ0) is 10.6. The Kier molecular flexibility index (Phi) is 3.65. The number of hydrogen-bond acceptors (Lipinski definition) is 2. The molecule has 1 amide bonds. The van der Waals surface area contributed by atoms with E-state index in [4.69, 9.17) is 5.73 Å². The van der Waals surface area contributed by atoms with Gasteiger partial charge in [0.05, 0.1) is 0 Å². The van der Waals surface area contributed by atoms with E-state index in [0.29, 0.717) is 6.54 Å². The number of carbonyl (C=O) groups excluding carboxylic acids is 1. The fourth-order valence-corrected chi connectivity index (χ4v) is 1.10. The number of benzene rings is 1. The summed E-state index contributed by atoms with van der Waals surface area (Å²) in [6.07, 6.45) is 0. The molecule has 0 spiro atoms. The van der Waals surface area contributed by atoms with Crippen molar-refractivity contribution in [2.45, 2.75) is 13.8 Å². The number of aryl methyl sites for hydroxylation is 1. The normalized spacial score (nSPS) is 12.2. The molecule has 3 nitrogen and oxygen atoms in total. The minimum atomic E-state index is -0.143. The largest absolute Gasteiger partial charge is 0.330 e. The third-order valence-corrected chi connectivity index (χ3v) is 2.09. The quantitative estimate of drug-likeness (QED) is 0.763. The van der Waals surface area contributed by atoms with Gasteiger partial charge in [-0.1, -0.05) is 19.1 Å². The maximum Gasteiger partial charge on any atom is 0.228 e. The monoisotopic (exact) mass is 192 g/mol. The number of carbonyl (C=O) groups is 1. The maximum absolute atomic E-state index is 11.5. The van der Waals surface area contributed by atoms with Crippen molar-refractivity contribution in [3.8, 4) is 0 Å². The van der Waals surface area contributed by atoms with Gasteiger partial charge in [-0.25, -0.2) is 0 Å². The first kappa shape index (κ1) is 10.7. The van der Waals surface area contributed by atoms with Crippen LogP contribution in [-0.4, -0.2) is 12.5 Å². The Bertz CT molecular complexity index is 323. The van der Waals surface area contributed by atoms with Gasteiger partial charge in [-0.2, -0.15) is 0 Å². The lowest BCUT2D eigenvalue weighted by Gasteiger charge is -2.09. The second-order valence-corrected chi connectivity index (χ2v) is 3.50. The van der Waals surface area contributed by atoms with Crippen molar-refractivity contribution in [3.63, 3.8) is 0 Å². The summed E-state index contributed by atoms with van der Waals surface area (Å²) in [5.41, 5.74) is 7.35. The lowest BCUT2D eigenvalue weighted by Crippen LogP contribution is -2.26. The van der Waals surface area contributed by atoms with Crippen molar-refractivity contribution in [2.24, 2.45) is 11.7 Å². The van der Waals surface area contributed by atoms with Gasteiger partial charge in [0.2, 0.25) is 5.91 Å². The van der Waals surface area contributed by atoms with Crippen molar-refractivity contribution in [2.75, 3.05) is 11.9 Å². The molecule has 1 rings (SSSR count). The molecule has 0 saturated heterocycles. The first-order valence-corrected chi connectivity index (χ1v) is 4.71. The van der Waals surface area contributed by atoms with Crippen LogP contribution in [0.25, 0.3) is 0 Å². The predicted molar refractivity (Wildman–Crippen MR) is 58.0 cm³/mol. The van der Waals surface area contributed by atoms with Gasteiger partial charge in [0.15, 0.2) is 0 Å². The summed E-state index contributed by atoms with van der Waals surface area (Å²) in [6, 6.07) is 7.70. The average Bonchev–Trinajstić information content (AvgIpc) is 2.16. The van der Waals surface area contributed by atoms with Gasteiger partial charge in [-0.15, -0.1) is 0 Å². The summed E-state index contributed by atoms with van der Waals surface area (Å²) >= 11 is 0. The second-order valence-electron chi connectivity index (χ2n) is 3.50. The fraction of sp³-hybridized carbons (Fsp3) is 0.364. The topological polar surface area (TPSA) is 55.1 Å². The third-order valence-electron chi connectivity index (χ3n) is 2.09. The van der Waals surface area contributed by atoms with E-state index in [2.05, 4.69) is 5.32 Å². The molecule has 0 bridgehead atoms. The van der Waals surface area contributed by atoms with Crippen LogP contribution in [0.4, 0.5) is 5.69 Å². The minimum Gasteiger partial charge on any atom is -0.330 e. The van der Waals surface area contributed by atoms with E-state index in [0.717, 1.165) is 11.3 Å². The minimum absolute atomic E-state index is 0.0295. The summed E-state index contributed by atoms with van der Waals surface area (Å²) in [6.45, 7) is 4.17. The molecule has 0 heterocycles. The molecule has 0 aliphatic heterocycles. The Morgan fingerprint density at radius 2 is 2.29 bits per heavy atom. The summed E-state index contributed by atoms with van der Waals surface area (Å²) in [5.74, 6) is -0.173. The zero-order valence-corrected chi connectivity index (χ0v) is 8.58. The summed E-state index contributed by atoms with van der Waals surface area (Å²) in [5, 5.41) is 2.81. The Labute approximate surface area is 84.3 Å². The van der Waals surface area contributed by atoms with Crippen LogP contribution in [0.2, 0.25) is 0 Å². The number of nitrogens with two attached hydrogens (primary N) is 1. The molecule has 0 fully saturated rings. The fourth-order valence-electron chi connectivity index (χ4n) is 1.10. The van der Waals surface area contributed by atoms with E-state index >= 15 is 0 Å². The number of nitrogens with one attached hydrogen (secondary N) is 1. The van der Waals surface area contributed by atoms with Gasteiger partial charge in [0.1, 0.15) is 0 Å². The molecule has 0 aliphatic carbocycles. The van der Waals surface area contributed by atoms with Crippen LogP contribution in [0.1, 0.15) is 12.5 Å². The number of rotatable bonds is 3.